The fourth-order valence-corrected chi connectivity index (χ4v) is 1.17. The summed E-state index contributed by atoms with van der Waals surface area (Å²) >= 11 is 0. The lowest BCUT2D eigenvalue weighted by Crippen LogP contribution is -3.09. The predicted molar refractivity (Wildman–Crippen MR) is 54.3 cm³/mol. The van der Waals surface area contributed by atoms with E-state index < -0.39 is 6.16 Å². The van der Waals surface area contributed by atoms with Crippen LogP contribution in [0.15, 0.2) is 0 Å². The Morgan fingerprint density at radius 3 is 2.57 bits per heavy atom. The highest BCUT2D eigenvalue weighted by Crippen LogP contribution is 1.95. The summed E-state index contributed by atoms with van der Waals surface area (Å²) in [6, 6.07) is 0. The third kappa shape index (κ3) is 7.86. The molecule has 1 atom stereocenters. The van der Waals surface area contributed by atoms with E-state index in [0.717, 1.165) is 6.54 Å². The van der Waals surface area contributed by atoms with E-state index in [1.165, 1.54) is 37.7 Å². The second-order valence-corrected chi connectivity index (χ2v) is 3.51. The lowest BCUT2D eigenvalue weighted by Gasteiger charge is -2.12. The van der Waals surface area contributed by atoms with E-state index in [9.17, 15) is 4.79 Å². The molecule has 1 N–H and O–H groups in total. The zero-order chi connectivity index (χ0) is 10.8. The minimum absolute atomic E-state index is 0.388. The average molecular weight is 204 g/mol. The molecule has 0 spiro atoms. The summed E-state index contributed by atoms with van der Waals surface area (Å²) < 4.78 is 9.18. The lowest BCUT2D eigenvalue weighted by molar-refractivity contribution is -0.898. The van der Waals surface area contributed by atoms with E-state index in [-0.39, 0.29) is 0 Å². The zero-order valence-corrected chi connectivity index (χ0v) is 9.47. The number of quaternary nitrogens is 1. The minimum Gasteiger partial charge on any atom is -0.437 e. The van der Waals surface area contributed by atoms with E-state index >= 15 is 0 Å². The van der Waals surface area contributed by atoms with Crippen LogP contribution in [-0.4, -0.2) is 33.6 Å². The van der Waals surface area contributed by atoms with E-state index in [1.807, 2.05) is 7.05 Å². The van der Waals surface area contributed by atoms with Crippen molar-refractivity contribution in [3.8, 4) is 0 Å². The summed E-state index contributed by atoms with van der Waals surface area (Å²) in [4.78, 5) is 11.8. The van der Waals surface area contributed by atoms with Crippen LogP contribution in [0.1, 0.15) is 32.6 Å². The second kappa shape index (κ2) is 8.81. The normalized spacial score (nSPS) is 12.2. The molecule has 4 nitrogen and oxygen atoms in total. The summed E-state index contributed by atoms with van der Waals surface area (Å²) in [7, 11) is 3.33. The van der Waals surface area contributed by atoms with Crippen LogP contribution in [0.3, 0.4) is 0 Å². The number of hydrogen-bond acceptors (Lipinski definition) is 3. The van der Waals surface area contributed by atoms with Crippen molar-refractivity contribution in [3.05, 3.63) is 0 Å². The van der Waals surface area contributed by atoms with Crippen molar-refractivity contribution in [1.29, 1.82) is 0 Å². The van der Waals surface area contributed by atoms with Gasteiger partial charge in [-0.3, -0.25) is 0 Å². The van der Waals surface area contributed by atoms with Crippen molar-refractivity contribution in [2.45, 2.75) is 32.6 Å². The van der Waals surface area contributed by atoms with Crippen LogP contribution in [0.5, 0.6) is 0 Å². The third-order valence-corrected chi connectivity index (χ3v) is 2.06. The summed E-state index contributed by atoms with van der Waals surface area (Å²) in [6.07, 6.45) is 4.37. The van der Waals surface area contributed by atoms with Crippen LogP contribution in [-0.2, 0) is 9.47 Å². The van der Waals surface area contributed by atoms with Crippen molar-refractivity contribution < 1.29 is 19.2 Å². The van der Waals surface area contributed by atoms with Gasteiger partial charge in [-0.25, -0.2) is 4.79 Å². The van der Waals surface area contributed by atoms with Gasteiger partial charge in [0.15, 0.2) is 0 Å². The molecule has 0 saturated heterocycles. The Morgan fingerprint density at radius 2 is 2.00 bits per heavy atom. The lowest BCUT2D eigenvalue weighted by atomic mass is 10.2. The van der Waals surface area contributed by atoms with E-state index in [4.69, 9.17) is 4.74 Å². The smallest absolute Gasteiger partial charge is 0.437 e. The Labute approximate surface area is 86.2 Å². The van der Waals surface area contributed by atoms with Gasteiger partial charge < -0.3 is 14.4 Å². The van der Waals surface area contributed by atoms with Crippen LogP contribution < -0.4 is 4.90 Å². The molecule has 0 aromatic carbocycles. The second-order valence-electron chi connectivity index (χ2n) is 3.51. The van der Waals surface area contributed by atoms with Gasteiger partial charge in [0, 0.05) is 0 Å². The van der Waals surface area contributed by atoms with Crippen molar-refractivity contribution in [2.24, 2.45) is 0 Å². The zero-order valence-electron chi connectivity index (χ0n) is 9.47. The van der Waals surface area contributed by atoms with Crippen LogP contribution in [0.25, 0.3) is 0 Å². The molecule has 0 fully saturated rings. The highest BCUT2D eigenvalue weighted by atomic mass is 16.7. The monoisotopic (exact) mass is 204 g/mol. The molecule has 1 unspecified atom stereocenters. The van der Waals surface area contributed by atoms with Gasteiger partial charge >= 0.3 is 6.16 Å². The molecule has 0 aromatic heterocycles. The number of nitrogens with one attached hydrogen (secondary N) is 1. The summed E-state index contributed by atoms with van der Waals surface area (Å²) in [5.74, 6) is 0. The molecule has 0 amide bonds. The molecule has 14 heavy (non-hydrogen) atoms. The van der Waals surface area contributed by atoms with Crippen molar-refractivity contribution in [2.75, 3.05) is 27.4 Å². The number of ether oxygens (including phenoxy) is 2. The Morgan fingerprint density at radius 1 is 1.29 bits per heavy atom. The molecule has 0 aliphatic carbocycles. The Kier molecular flexibility index (Phi) is 8.33. The number of unbranched alkanes of at least 4 members (excludes halogenated alkanes) is 3. The predicted octanol–water partition coefficient (Wildman–Crippen LogP) is 0.822. The molecular formula is C10H22NO3+. The molecular weight excluding hydrogens is 182 g/mol. The van der Waals surface area contributed by atoms with Gasteiger partial charge in [0.25, 0.3) is 0 Å². The minimum atomic E-state index is -0.599. The standard InChI is InChI=1S/C10H21NO3/c1-4-5-6-7-8-11(2)9-14-10(12)13-3/h4-9H2,1-3H3/p+1. The highest BCUT2D eigenvalue weighted by molar-refractivity contribution is 5.59. The van der Waals surface area contributed by atoms with Gasteiger partial charge in [-0.15, -0.1) is 0 Å². The number of hydrogen-bond donors (Lipinski definition) is 1. The molecule has 4 heteroatoms. The summed E-state index contributed by atoms with van der Waals surface area (Å²) in [6.45, 7) is 3.62. The topological polar surface area (TPSA) is 40.0 Å². The van der Waals surface area contributed by atoms with E-state index in [0.29, 0.717) is 6.73 Å². The van der Waals surface area contributed by atoms with Gasteiger partial charge in [0.05, 0.1) is 20.7 Å². The molecule has 84 valence electrons. The first-order chi connectivity index (χ1) is 6.70. The van der Waals surface area contributed by atoms with E-state index in [1.54, 1.807) is 0 Å². The van der Waals surface area contributed by atoms with Crippen molar-refractivity contribution >= 4 is 6.16 Å². The van der Waals surface area contributed by atoms with Crippen molar-refractivity contribution in [3.63, 3.8) is 0 Å². The van der Waals surface area contributed by atoms with Gasteiger partial charge in [-0.1, -0.05) is 19.8 Å². The first-order valence-electron chi connectivity index (χ1n) is 5.22. The number of rotatable bonds is 7. The highest BCUT2D eigenvalue weighted by Gasteiger charge is 2.05. The van der Waals surface area contributed by atoms with Crippen molar-refractivity contribution in [1.82, 2.24) is 0 Å². The Bertz CT molecular complexity index is 150. The molecule has 0 saturated carbocycles. The first kappa shape index (κ1) is 13.2. The largest absolute Gasteiger partial charge is 0.512 e. The van der Waals surface area contributed by atoms with Gasteiger partial charge in [0.1, 0.15) is 0 Å². The van der Waals surface area contributed by atoms with E-state index in [2.05, 4.69) is 11.7 Å². The fraction of sp³-hybridized carbons (Fsp3) is 0.900. The maximum atomic E-state index is 10.6. The first-order valence-corrected chi connectivity index (χ1v) is 5.22. The maximum Gasteiger partial charge on any atom is 0.512 e. The quantitative estimate of drug-likeness (QED) is 0.379. The maximum absolute atomic E-state index is 10.6. The molecule has 0 heterocycles. The van der Waals surface area contributed by atoms with Gasteiger partial charge in [-0.2, -0.15) is 0 Å². The molecule has 0 bridgehead atoms. The number of carbonyl (C=O) groups is 1. The van der Waals surface area contributed by atoms with Crippen LogP contribution in [0.4, 0.5) is 4.79 Å². The molecule has 0 aliphatic heterocycles. The third-order valence-electron chi connectivity index (χ3n) is 2.06. The average Bonchev–Trinajstić information content (AvgIpc) is 2.21. The van der Waals surface area contributed by atoms with Gasteiger partial charge in [-0.05, 0) is 12.8 Å². The van der Waals surface area contributed by atoms with Gasteiger partial charge in [0.2, 0.25) is 6.73 Å². The summed E-state index contributed by atoms with van der Waals surface area (Å²) in [5.41, 5.74) is 0. The molecule has 0 aliphatic rings. The van der Waals surface area contributed by atoms with Crippen LogP contribution >= 0.6 is 0 Å². The summed E-state index contributed by atoms with van der Waals surface area (Å²) in [5, 5.41) is 0. The molecule has 0 radical (unpaired) electrons. The fourth-order valence-electron chi connectivity index (χ4n) is 1.17. The molecule has 0 aromatic rings. The Hall–Kier alpha value is -0.770. The van der Waals surface area contributed by atoms with Crippen LogP contribution in [0, 0.1) is 0 Å². The SMILES string of the molecule is CCCCCC[NH+](C)COC(=O)OC. The van der Waals surface area contributed by atoms with Crippen LogP contribution in [0.2, 0.25) is 0 Å². The Balaban J connectivity index is 3.27. The number of methoxy groups -OCH3 is 1. The number of carbonyl (C=O) groups excluding carboxylic acids is 1. The molecule has 0 rings (SSSR count).